The van der Waals surface area contributed by atoms with Crippen LogP contribution in [0, 0.1) is 18.8 Å². The summed E-state index contributed by atoms with van der Waals surface area (Å²) in [6.07, 6.45) is 1.90. The minimum atomic E-state index is -3.39. The van der Waals surface area contributed by atoms with Crippen molar-refractivity contribution in [1.82, 2.24) is 4.31 Å². The van der Waals surface area contributed by atoms with Crippen molar-refractivity contribution in [3.05, 3.63) is 29.3 Å². The van der Waals surface area contributed by atoms with Crippen LogP contribution in [0.5, 0.6) is 0 Å². The Morgan fingerprint density at radius 2 is 1.90 bits per heavy atom. The standard InChI is InChI=1S/C16H24ClNO2S/c1-12(2)14-6-8-18(9-7-14)21(19,20)16-5-4-13(3)15(10-16)11-17/h4-5,10,12,14H,6-9,11H2,1-3H3. The first-order chi connectivity index (χ1) is 9.86. The Morgan fingerprint density at radius 1 is 1.29 bits per heavy atom. The van der Waals surface area contributed by atoms with E-state index in [0.717, 1.165) is 24.0 Å². The van der Waals surface area contributed by atoms with E-state index in [1.54, 1.807) is 16.4 Å². The van der Waals surface area contributed by atoms with Crippen molar-refractivity contribution in [2.75, 3.05) is 13.1 Å². The highest BCUT2D eigenvalue weighted by atomic mass is 35.5. The third kappa shape index (κ3) is 3.61. The number of nitrogens with zero attached hydrogens (tertiary/aromatic N) is 1. The van der Waals surface area contributed by atoms with E-state index in [4.69, 9.17) is 11.6 Å². The summed E-state index contributed by atoms with van der Waals surface area (Å²) in [6.45, 7) is 7.61. The van der Waals surface area contributed by atoms with Crippen molar-refractivity contribution in [3.63, 3.8) is 0 Å². The molecule has 1 aliphatic rings. The third-order valence-electron chi connectivity index (χ3n) is 4.54. The van der Waals surface area contributed by atoms with Gasteiger partial charge in [0.1, 0.15) is 0 Å². The molecule has 1 aliphatic heterocycles. The molecular formula is C16H24ClNO2S. The second-order valence-electron chi connectivity index (χ2n) is 6.21. The number of piperidine rings is 1. The molecule has 5 heteroatoms. The zero-order valence-corrected chi connectivity index (χ0v) is 14.5. The van der Waals surface area contributed by atoms with E-state index in [1.807, 2.05) is 13.0 Å². The molecule has 1 heterocycles. The summed E-state index contributed by atoms with van der Waals surface area (Å²) in [7, 11) is -3.39. The molecule has 2 rings (SSSR count). The Balaban J connectivity index is 2.19. The van der Waals surface area contributed by atoms with Crippen LogP contribution in [0.15, 0.2) is 23.1 Å². The highest BCUT2D eigenvalue weighted by Gasteiger charge is 2.30. The largest absolute Gasteiger partial charge is 0.243 e. The van der Waals surface area contributed by atoms with E-state index in [2.05, 4.69) is 13.8 Å². The predicted octanol–water partition coefficient (Wildman–Crippen LogP) is 3.79. The molecule has 1 aromatic rings. The fourth-order valence-electron chi connectivity index (χ4n) is 2.88. The van der Waals surface area contributed by atoms with Gasteiger partial charge < -0.3 is 0 Å². The Labute approximate surface area is 133 Å². The molecule has 118 valence electrons. The number of hydrogen-bond acceptors (Lipinski definition) is 2. The minimum absolute atomic E-state index is 0.338. The summed E-state index contributed by atoms with van der Waals surface area (Å²) >= 11 is 5.89. The lowest BCUT2D eigenvalue weighted by molar-refractivity contribution is 0.226. The zero-order chi connectivity index (χ0) is 15.6. The molecule has 0 spiro atoms. The van der Waals surface area contributed by atoms with Crippen LogP contribution in [-0.4, -0.2) is 25.8 Å². The molecule has 0 aromatic heterocycles. The molecule has 0 radical (unpaired) electrons. The summed E-state index contributed by atoms with van der Waals surface area (Å²) in [5, 5.41) is 0. The van der Waals surface area contributed by atoms with Crippen molar-refractivity contribution in [2.45, 2.75) is 44.4 Å². The molecule has 0 bridgehead atoms. The second kappa shape index (κ2) is 6.67. The maximum Gasteiger partial charge on any atom is 0.243 e. The zero-order valence-electron chi connectivity index (χ0n) is 13.0. The Morgan fingerprint density at radius 3 is 2.43 bits per heavy atom. The first kappa shape index (κ1) is 16.8. The van der Waals surface area contributed by atoms with Gasteiger partial charge in [0.15, 0.2) is 0 Å². The Bertz CT molecular complexity index is 590. The third-order valence-corrected chi connectivity index (χ3v) is 6.73. The number of alkyl halides is 1. The summed E-state index contributed by atoms with van der Waals surface area (Å²) in [5.74, 6) is 1.59. The first-order valence-electron chi connectivity index (χ1n) is 7.52. The molecule has 21 heavy (non-hydrogen) atoms. The van der Waals surface area contributed by atoms with E-state index in [-0.39, 0.29) is 0 Å². The lowest BCUT2D eigenvalue weighted by Gasteiger charge is -2.33. The van der Waals surface area contributed by atoms with Gasteiger partial charge in [0.25, 0.3) is 0 Å². The highest BCUT2D eigenvalue weighted by molar-refractivity contribution is 7.89. The molecule has 3 nitrogen and oxygen atoms in total. The van der Waals surface area contributed by atoms with Crippen LogP contribution >= 0.6 is 11.6 Å². The van der Waals surface area contributed by atoms with Crippen LogP contribution in [-0.2, 0) is 15.9 Å². The SMILES string of the molecule is Cc1ccc(S(=O)(=O)N2CCC(C(C)C)CC2)cc1CCl. The van der Waals surface area contributed by atoms with Crippen LogP contribution in [0.4, 0.5) is 0 Å². The van der Waals surface area contributed by atoms with Gasteiger partial charge in [-0.1, -0.05) is 19.9 Å². The van der Waals surface area contributed by atoms with E-state index in [0.29, 0.717) is 35.7 Å². The molecule has 0 atom stereocenters. The van der Waals surface area contributed by atoms with E-state index in [9.17, 15) is 8.42 Å². The van der Waals surface area contributed by atoms with Crippen LogP contribution in [0.2, 0.25) is 0 Å². The van der Waals surface area contributed by atoms with Gasteiger partial charge in [0.2, 0.25) is 10.0 Å². The van der Waals surface area contributed by atoms with Crippen LogP contribution in [0.1, 0.15) is 37.8 Å². The number of aryl methyl sites for hydroxylation is 1. The van der Waals surface area contributed by atoms with Crippen molar-refractivity contribution in [1.29, 1.82) is 0 Å². The maximum atomic E-state index is 12.7. The second-order valence-corrected chi connectivity index (χ2v) is 8.41. The van der Waals surface area contributed by atoms with Gasteiger partial charge in [0, 0.05) is 19.0 Å². The van der Waals surface area contributed by atoms with Crippen molar-refractivity contribution in [2.24, 2.45) is 11.8 Å². The minimum Gasteiger partial charge on any atom is -0.207 e. The molecule has 0 amide bonds. The molecule has 0 N–H and O–H groups in total. The van der Waals surface area contributed by atoms with Gasteiger partial charge in [-0.05, 0) is 54.9 Å². The molecular weight excluding hydrogens is 306 g/mol. The number of halogens is 1. The smallest absolute Gasteiger partial charge is 0.207 e. The summed E-state index contributed by atoms with van der Waals surface area (Å²) in [4.78, 5) is 0.367. The van der Waals surface area contributed by atoms with Gasteiger partial charge >= 0.3 is 0 Å². The summed E-state index contributed by atoms with van der Waals surface area (Å²) < 4.78 is 27.1. The van der Waals surface area contributed by atoms with Crippen LogP contribution in [0.3, 0.4) is 0 Å². The van der Waals surface area contributed by atoms with E-state index < -0.39 is 10.0 Å². The normalized spacial score (nSPS) is 18.3. The fraction of sp³-hybridized carbons (Fsp3) is 0.625. The quantitative estimate of drug-likeness (QED) is 0.788. The van der Waals surface area contributed by atoms with Crippen LogP contribution < -0.4 is 0 Å². The van der Waals surface area contributed by atoms with Crippen LogP contribution in [0.25, 0.3) is 0 Å². The Hall–Kier alpha value is -0.580. The molecule has 0 aliphatic carbocycles. The highest BCUT2D eigenvalue weighted by Crippen LogP contribution is 2.28. The van der Waals surface area contributed by atoms with Crippen molar-refractivity contribution < 1.29 is 8.42 Å². The maximum absolute atomic E-state index is 12.7. The van der Waals surface area contributed by atoms with Gasteiger partial charge in [-0.2, -0.15) is 4.31 Å². The summed E-state index contributed by atoms with van der Waals surface area (Å²) in [6, 6.07) is 5.24. The summed E-state index contributed by atoms with van der Waals surface area (Å²) in [5.41, 5.74) is 1.91. The first-order valence-corrected chi connectivity index (χ1v) is 9.49. The van der Waals surface area contributed by atoms with Crippen molar-refractivity contribution >= 4 is 21.6 Å². The molecule has 1 saturated heterocycles. The molecule has 0 unspecified atom stereocenters. The lowest BCUT2D eigenvalue weighted by Crippen LogP contribution is -2.39. The lowest BCUT2D eigenvalue weighted by atomic mass is 9.87. The number of sulfonamides is 1. The molecule has 1 aromatic carbocycles. The van der Waals surface area contributed by atoms with Gasteiger partial charge in [-0.15, -0.1) is 11.6 Å². The van der Waals surface area contributed by atoms with Gasteiger partial charge in [0.05, 0.1) is 4.90 Å². The van der Waals surface area contributed by atoms with E-state index in [1.165, 1.54) is 0 Å². The number of rotatable bonds is 4. The Kier molecular flexibility index (Phi) is 5.33. The average molecular weight is 330 g/mol. The van der Waals surface area contributed by atoms with Gasteiger partial charge in [-0.3, -0.25) is 0 Å². The average Bonchev–Trinajstić information content (AvgIpc) is 2.47. The van der Waals surface area contributed by atoms with Gasteiger partial charge in [-0.25, -0.2) is 8.42 Å². The fourth-order valence-corrected chi connectivity index (χ4v) is 4.69. The number of hydrogen-bond donors (Lipinski definition) is 0. The molecule has 1 fully saturated rings. The molecule has 0 saturated carbocycles. The monoisotopic (exact) mass is 329 g/mol. The topological polar surface area (TPSA) is 37.4 Å². The van der Waals surface area contributed by atoms with Crippen molar-refractivity contribution in [3.8, 4) is 0 Å². The van der Waals surface area contributed by atoms with E-state index >= 15 is 0 Å². The number of benzene rings is 1. The predicted molar refractivity (Wildman–Crippen MR) is 87.1 cm³/mol.